The van der Waals surface area contributed by atoms with Crippen LogP contribution in [-0.4, -0.2) is 48.4 Å². The molecule has 0 saturated heterocycles. The second-order valence-corrected chi connectivity index (χ2v) is 10.7. The van der Waals surface area contributed by atoms with Gasteiger partial charge in [0.1, 0.15) is 24.4 Å². The molecular formula is C29H45NO9. The Hall–Kier alpha value is -3.14. The van der Waals surface area contributed by atoms with Gasteiger partial charge < -0.3 is 29.4 Å². The Morgan fingerprint density at radius 3 is 1.85 bits per heavy atom. The van der Waals surface area contributed by atoms with Gasteiger partial charge in [-0.3, -0.25) is 14.4 Å². The first kappa shape index (κ1) is 33.9. The molecule has 0 saturated carbocycles. The summed E-state index contributed by atoms with van der Waals surface area (Å²) < 4.78 is 26.7. The van der Waals surface area contributed by atoms with Gasteiger partial charge in [-0.2, -0.15) is 0 Å². The van der Waals surface area contributed by atoms with Crippen molar-refractivity contribution in [2.45, 2.75) is 112 Å². The van der Waals surface area contributed by atoms with E-state index in [0.29, 0.717) is 12.0 Å². The van der Waals surface area contributed by atoms with Crippen LogP contribution in [0.1, 0.15) is 86.6 Å². The largest absolute Gasteiger partial charge is 0.508 e. The maximum Gasteiger partial charge on any atom is 0.508 e. The van der Waals surface area contributed by atoms with Crippen molar-refractivity contribution in [3.63, 3.8) is 0 Å². The van der Waals surface area contributed by atoms with E-state index in [1.54, 1.807) is 26.8 Å². The zero-order chi connectivity index (χ0) is 29.7. The first-order valence-electron chi connectivity index (χ1n) is 13.6. The summed E-state index contributed by atoms with van der Waals surface area (Å²) in [5.74, 6) is -1.27. The third kappa shape index (κ3) is 13.5. The second kappa shape index (κ2) is 16.7. The molecule has 0 heterocycles. The van der Waals surface area contributed by atoms with E-state index in [1.165, 1.54) is 12.1 Å². The number of ether oxygens (including phenoxy) is 5. The lowest BCUT2D eigenvalue weighted by Crippen LogP contribution is -2.39. The van der Waals surface area contributed by atoms with E-state index in [-0.39, 0.29) is 48.7 Å². The first-order chi connectivity index (χ1) is 18.2. The fourth-order valence-corrected chi connectivity index (χ4v) is 3.45. The number of hydrogen-bond donors (Lipinski definition) is 1. The van der Waals surface area contributed by atoms with E-state index in [9.17, 15) is 19.2 Å². The predicted molar refractivity (Wildman–Crippen MR) is 145 cm³/mol. The van der Waals surface area contributed by atoms with Crippen molar-refractivity contribution >= 4 is 24.1 Å². The summed E-state index contributed by atoms with van der Waals surface area (Å²) >= 11 is 0. The molecular weight excluding hydrogens is 506 g/mol. The van der Waals surface area contributed by atoms with Crippen molar-refractivity contribution in [1.82, 2.24) is 0 Å². The third-order valence-corrected chi connectivity index (χ3v) is 5.60. The average molecular weight is 552 g/mol. The Labute approximate surface area is 231 Å². The van der Waals surface area contributed by atoms with Gasteiger partial charge in [-0.1, -0.05) is 47.1 Å². The normalized spacial score (nSPS) is 14.2. The number of carbonyl (C=O) groups excluding carboxylic acids is 4. The SMILES string of the molecule is CCCC(C)OC(=O)O[C@@H](C)[C@H](C)OC(=O)[C@@H](N)Cc1ccc(OC(=O)CC(C)C)c(OC(=O)CC(C)C)c1. The maximum absolute atomic E-state index is 12.6. The topological polar surface area (TPSA) is 140 Å². The van der Waals surface area contributed by atoms with E-state index in [0.717, 1.165) is 6.42 Å². The molecule has 0 bridgehead atoms. The Morgan fingerprint density at radius 1 is 0.769 bits per heavy atom. The molecule has 0 spiro atoms. The molecule has 0 radical (unpaired) electrons. The van der Waals surface area contributed by atoms with Crippen LogP contribution in [0.15, 0.2) is 18.2 Å². The summed E-state index contributed by atoms with van der Waals surface area (Å²) in [5.41, 5.74) is 6.66. The zero-order valence-electron chi connectivity index (χ0n) is 24.5. The molecule has 220 valence electrons. The molecule has 1 aromatic rings. The van der Waals surface area contributed by atoms with Gasteiger partial charge >= 0.3 is 24.1 Å². The molecule has 1 aromatic carbocycles. The first-order valence-corrected chi connectivity index (χ1v) is 13.6. The fourth-order valence-electron chi connectivity index (χ4n) is 3.45. The van der Waals surface area contributed by atoms with Gasteiger partial charge in [-0.05, 0) is 63.1 Å². The monoisotopic (exact) mass is 551 g/mol. The fraction of sp³-hybridized carbons (Fsp3) is 0.655. The molecule has 0 fully saturated rings. The predicted octanol–water partition coefficient (Wildman–Crippen LogP) is 5.12. The molecule has 0 aliphatic carbocycles. The Balaban J connectivity index is 2.86. The summed E-state index contributed by atoms with van der Waals surface area (Å²) in [6, 6.07) is 3.61. The summed E-state index contributed by atoms with van der Waals surface area (Å²) in [6.45, 7) is 14.5. The molecule has 2 N–H and O–H groups in total. The minimum Gasteiger partial charge on any atom is -0.458 e. The van der Waals surface area contributed by atoms with E-state index >= 15 is 0 Å². The maximum atomic E-state index is 12.6. The van der Waals surface area contributed by atoms with Crippen molar-refractivity contribution in [2.24, 2.45) is 17.6 Å². The standard InChI is InChI=1S/C29H45NO9/c1-9-10-19(6)35-29(34)37-21(8)20(7)36-28(33)23(30)15-22-11-12-24(38-26(31)13-17(2)3)25(16-22)39-27(32)14-18(4)5/h11-12,16-21,23H,9-10,13-15,30H2,1-8H3/t19?,20-,21-,23-/m0/s1. The highest BCUT2D eigenvalue weighted by molar-refractivity contribution is 5.77. The van der Waals surface area contributed by atoms with Gasteiger partial charge in [-0.15, -0.1) is 0 Å². The molecule has 10 nitrogen and oxygen atoms in total. The summed E-state index contributed by atoms with van der Waals surface area (Å²) in [4.78, 5) is 49.1. The van der Waals surface area contributed by atoms with Gasteiger partial charge in [0.05, 0.1) is 0 Å². The third-order valence-electron chi connectivity index (χ3n) is 5.60. The number of nitrogens with two attached hydrogens (primary N) is 1. The summed E-state index contributed by atoms with van der Waals surface area (Å²) in [5, 5.41) is 0. The highest BCUT2D eigenvalue weighted by Gasteiger charge is 2.26. The van der Waals surface area contributed by atoms with Crippen LogP contribution in [0.3, 0.4) is 0 Å². The molecule has 4 atom stereocenters. The lowest BCUT2D eigenvalue weighted by Gasteiger charge is -2.23. The molecule has 1 unspecified atom stereocenters. The average Bonchev–Trinajstić information content (AvgIpc) is 2.79. The lowest BCUT2D eigenvalue weighted by molar-refractivity contribution is -0.155. The van der Waals surface area contributed by atoms with Crippen molar-refractivity contribution in [1.29, 1.82) is 0 Å². The lowest BCUT2D eigenvalue weighted by atomic mass is 10.1. The van der Waals surface area contributed by atoms with Crippen LogP contribution < -0.4 is 15.2 Å². The number of esters is 3. The number of rotatable bonds is 15. The van der Waals surface area contributed by atoms with Crippen LogP contribution in [0.2, 0.25) is 0 Å². The number of carbonyl (C=O) groups is 4. The highest BCUT2D eigenvalue weighted by atomic mass is 16.7. The van der Waals surface area contributed by atoms with Crippen molar-refractivity contribution < 1.29 is 42.9 Å². The van der Waals surface area contributed by atoms with Crippen LogP contribution in [-0.2, 0) is 35.0 Å². The molecule has 10 heteroatoms. The van der Waals surface area contributed by atoms with Gasteiger partial charge in [0.25, 0.3) is 0 Å². The molecule has 39 heavy (non-hydrogen) atoms. The van der Waals surface area contributed by atoms with Gasteiger partial charge in [-0.25, -0.2) is 4.79 Å². The van der Waals surface area contributed by atoms with E-state index in [4.69, 9.17) is 29.4 Å². The van der Waals surface area contributed by atoms with Crippen LogP contribution >= 0.6 is 0 Å². The summed E-state index contributed by atoms with van der Waals surface area (Å²) in [6.07, 6.45) is -0.613. The minimum absolute atomic E-state index is 0.0618. The van der Waals surface area contributed by atoms with E-state index < -0.39 is 42.3 Å². The molecule has 0 amide bonds. The van der Waals surface area contributed by atoms with Gasteiger partial charge in [0, 0.05) is 12.8 Å². The van der Waals surface area contributed by atoms with Crippen molar-refractivity contribution in [3.05, 3.63) is 23.8 Å². The summed E-state index contributed by atoms with van der Waals surface area (Å²) in [7, 11) is 0. The smallest absolute Gasteiger partial charge is 0.458 e. The molecule has 0 aliphatic heterocycles. The van der Waals surface area contributed by atoms with E-state index in [2.05, 4.69) is 0 Å². The highest BCUT2D eigenvalue weighted by Crippen LogP contribution is 2.30. The quantitative estimate of drug-likeness (QED) is 0.231. The van der Waals surface area contributed by atoms with E-state index in [1.807, 2.05) is 34.6 Å². The minimum atomic E-state index is -1.05. The van der Waals surface area contributed by atoms with Gasteiger partial charge in [0.2, 0.25) is 0 Å². The van der Waals surface area contributed by atoms with Crippen LogP contribution in [0, 0.1) is 11.8 Å². The van der Waals surface area contributed by atoms with Gasteiger partial charge in [0.15, 0.2) is 11.5 Å². The Morgan fingerprint density at radius 2 is 1.31 bits per heavy atom. The molecule has 0 aromatic heterocycles. The Bertz CT molecular complexity index is 960. The molecule has 1 rings (SSSR count). The van der Waals surface area contributed by atoms with Crippen molar-refractivity contribution in [2.75, 3.05) is 0 Å². The van der Waals surface area contributed by atoms with Crippen LogP contribution in [0.5, 0.6) is 11.5 Å². The van der Waals surface area contributed by atoms with Crippen LogP contribution in [0.4, 0.5) is 4.79 Å². The number of benzene rings is 1. The Kier molecular flexibility index (Phi) is 14.5. The number of hydrogen-bond acceptors (Lipinski definition) is 10. The van der Waals surface area contributed by atoms with Crippen LogP contribution in [0.25, 0.3) is 0 Å². The molecule has 0 aliphatic rings. The second-order valence-electron chi connectivity index (χ2n) is 10.7. The zero-order valence-corrected chi connectivity index (χ0v) is 24.5. The van der Waals surface area contributed by atoms with Crippen molar-refractivity contribution in [3.8, 4) is 11.5 Å².